The number of hydrogen-bond acceptors (Lipinski definition) is 2. The zero-order chi connectivity index (χ0) is 8.27. The Labute approximate surface area is 65.0 Å². The molecule has 11 heavy (non-hydrogen) atoms. The van der Waals surface area contributed by atoms with Gasteiger partial charge in [-0.05, 0) is 12.5 Å². The Hall–Kier alpha value is -1.12. The number of aryl methyl sites for hydroxylation is 1. The molecular weight excluding hydrogens is 145 g/mol. The Bertz CT molecular complexity index is 250. The quantitative estimate of drug-likeness (QED) is 0.607. The van der Waals surface area contributed by atoms with E-state index in [2.05, 4.69) is 4.98 Å². The number of rotatable bonds is 2. The second kappa shape index (κ2) is 3.32. The van der Waals surface area contributed by atoms with Crippen molar-refractivity contribution in [1.82, 2.24) is 4.98 Å². The Morgan fingerprint density at radius 3 is 2.73 bits per heavy atom. The van der Waals surface area contributed by atoms with E-state index in [1.54, 1.807) is 12.1 Å². The van der Waals surface area contributed by atoms with Crippen LogP contribution >= 0.6 is 0 Å². The first-order valence-corrected chi connectivity index (χ1v) is 3.47. The van der Waals surface area contributed by atoms with Crippen molar-refractivity contribution < 1.29 is 9.13 Å². The number of nitrogens with zero attached hydrogens (tertiary/aromatic N) is 1. The van der Waals surface area contributed by atoms with Gasteiger partial charge in [0, 0.05) is 11.6 Å². The van der Waals surface area contributed by atoms with Crippen LogP contribution in [0.1, 0.15) is 12.5 Å². The van der Waals surface area contributed by atoms with Gasteiger partial charge in [-0.15, -0.1) is 0 Å². The maximum Gasteiger partial charge on any atom is 0.219 e. The van der Waals surface area contributed by atoms with Gasteiger partial charge in [0.15, 0.2) is 0 Å². The van der Waals surface area contributed by atoms with Crippen LogP contribution < -0.4 is 4.74 Å². The van der Waals surface area contributed by atoms with Crippen molar-refractivity contribution in [3.8, 4) is 5.88 Å². The third-order valence-electron chi connectivity index (χ3n) is 1.49. The summed E-state index contributed by atoms with van der Waals surface area (Å²) in [7, 11) is 1.47. The monoisotopic (exact) mass is 155 g/mol. The summed E-state index contributed by atoms with van der Waals surface area (Å²) in [5.74, 6) is -0.119. The SMILES string of the molecule is CCc1ccc(OC)nc1F. The number of pyridine rings is 1. The van der Waals surface area contributed by atoms with Crippen molar-refractivity contribution in [3.63, 3.8) is 0 Å². The molecule has 0 saturated carbocycles. The summed E-state index contributed by atoms with van der Waals surface area (Å²) in [4.78, 5) is 3.57. The van der Waals surface area contributed by atoms with E-state index in [-0.39, 0.29) is 0 Å². The Morgan fingerprint density at radius 2 is 2.27 bits per heavy atom. The average molecular weight is 155 g/mol. The molecule has 0 atom stereocenters. The van der Waals surface area contributed by atoms with Crippen LogP contribution in [0.25, 0.3) is 0 Å². The number of methoxy groups -OCH3 is 1. The molecule has 3 heteroatoms. The Morgan fingerprint density at radius 1 is 1.55 bits per heavy atom. The zero-order valence-electron chi connectivity index (χ0n) is 6.60. The molecule has 0 saturated heterocycles. The fourth-order valence-corrected chi connectivity index (χ4v) is 0.824. The highest BCUT2D eigenvalue weighted by molar-refractivity contribution is 5.18. The van der Waals surface area contributed by atoms with E-state index < -0.39 is 5.95 Å². The third kappa shape index (κ3) is 1.67. The standard InChI is InChI=1S/C8H10FNO/c1-3-6-4-5-7(11-2)10-8(6)9/h4-5H,3H2,1-2H3. The van der Waals surface area contributed by atoms with Gasteiger partial charge in [0.1, 0.15) is 0 Å². The van der Waals surface area contributed by atoms with Gasteiger partial charge in [-0.2, -0.15) is 9.37 Å². The highest BCUT2D eigenvalue weighted by Gasteiger charge is 2.01. The lowest BCUT2D eigenvalue weighted by Gasteiger charge is -2.00. The van der Waals surface area contributed by atoms with Crippen LogP contribution in [0.2, 0.25) is 0 Å². The fourth-order valence-electron chi connectivity index (χ4n) is 0.824. The normalized spacial score (nSPS) is 9.73. The molecule has 2 nitrogen and oxygen atoms in total. The molecule has 1 aromatic rings. The minimum absolute atomic E-state index is 0.319. The molecule has 0 aliphatic rings. The summed E-state index contributed by atoms with van der Waals surface area (Å²) in [6, 6.07) is 3.34. The van der Waals surface area contributed by atoms with Crippen LogP contribution in [0.3, 0.4) is 0 Å². The van der Waals surface area contributed by atoms with E-state index in [4.69, 9.17) is 4.74 Å². The maximum atomic E-state index is 12.8. The fraction of sp³-hybridized carbons (Fsp3) is 0.375. The van der Waals surface area contributed by atoms with Crippen molar-refractivity contribution in [1.29, 1.82) is 0 Å². The van der Waals surface area contributed by atoms with Crippen LogP contribution in [0, 0.1) is 5.95 Å². The van der Waals surface area contributed by atoms with Crippen LogP contribution in [-0.2, 0) is 6.42 Å². The number of ether oxygens (including phenoxy) is 1. The lowest BCUT2D eigenvalue weighted by Crippen LogP contribution is -1.94. The highest BCUT2D eigenvalue weighted by atomic mass is 19.1. The maximum absolute atomic E-state index is 12.8. The predicted molar refractivity (Wildman–Crippen MR) is 40.1 cm³/mol. The molecule has 0 N–H and O–H groups in total. The minimum Gasteiger partial charge on any atom is -0.481 e. The van der Waals surface area contributed by atoms with E-state index >= 15 is 0 Å². The van der Waals surface area contributed by atoms with Crippen molar-refractivity contribution in [2.45, 2.75) is 13.3 Å². The summed E-state index contributed by atoms with van der Waals surface area (Å²) >= 11 is 0. The minimum atomic E-state index is -0.438. The first kappa shape index (κ1) is 7.98. The largest absolute Gasteiger partial charge is 0.481 e. The second-order valence-electron chi connectivity index (χ2n) is 2.16. The van der Waals surface area contributed by atoms with Crippen molar-refractivity contribution >= 4 is 0 Å². The predicted octanol–water partition coefficient (Wildman–Crippen LogP) is 1.79. The lowest BCUT2D eigenvalue weighted by molar-refractivity contribution is 0.386. The van der Waals surface area contributed by atoms with Crippen LogP contribution in [-0.4, -0.2) is 12.1 Å². The van der Waals surface area contributed by atoms with Gasteiger partial charge in [-0.1, -0.05) is 6.92 Å². The lowest BCUT2D eigenvalue weighted by atomic mass is 10.2. The second-order valence-corrected chi connectivity index (χ2v) is 2.16. The highest BCUT2D eigenvalue weighted by Crippen LogP contribution is 2.11. The first-order valence-electron chi connectivity index (χ1n) is 3.47. The molecule has 0 spiro atoms. The average Bonchev–Trinajstić information content (AvgIpc) is 2.04. The molecular formula is C8H10FNO. The van der Waals surface area contributed by atoms with Crippen molar-refractivity contribution in [3.05, 3.63) is 23.6 Å². The van der Waals surface area contributed by atoms with Gasteiger partial charge in [0.2, 0.25) is 11.8 Å². The van der Waals surface area contributed by atoms with E-state index in [0.717, 1.165) is 0 Å². The summed E-state index contributed by atoms with van der Waals surface area (Å²) in [6.07, 6.45) is 0.656. The van der Waals surface area contributed by atoms with Gasteiger partial charge in [0.25, 0.3) is 0 Å². The van der Waals surface area contributed by atoms with Crippen molar-refractivity contribution in [2.75, 3.05) is 7.11 Å². The molecule has 60 valence electrons. The number of hydrogen-bond donors (Lipinski definition) is 0. The van der Waals surface area contributed by atoms with E-state index in [9.17, 15) is 4.39 Å². The Balaban J connectivity index is 2.99. The molecule has 0 amide bonds. The molecule has 0 unspecified atom stereocenters. The molecule has 1 rings (SSSR count). The molecule has 0 radical (unpaired) electrons. The summed E-state index contributed by atoms with van der Waals surface area (Å²) in [6.45, 7) is 1.88. The summed E-state index contributed by atoms with van der Waals surface area (Å²) in [5.41, 5.74) is 0.616. The van der Waals surface area contributed by atoms with Gasteiger partial charge >= 0.3 is 0 Å². The van der Waals surface area contributed by atoms with Gasteiger partial charge in [-0.25, -0.2) is 0 Å². The van der Waals surface area contributed by atoms with Gasteiger partial charge in [-0.3, -0.25) is 0 Å². The molecule has 1 heterocycles. The number of aromatic nitrogens is 1. The zero-order valence-corrected chi connectivity index (χ0v) is 6.60. The van der Waals surface area contributed by atoms with E-state index in [0.29, 0.717) is 17.9 Å². The summed E-state index contributed by atoms with van der Waals surface area (Å²) < 4.78 is 17.6. The number of halogens is 1. The Kier molecular flexibility index (Phi) is 2.41. The molecule has 0 bridgehead atoms. The van der Waals surface area contributed by atoms with E-state index in [1.165, 1.54) is 7.11 Å². The topological polar surface area (TPSA) is 22.1 Å². The molecule has 0 aliphatic carbocycles. The van der Waals surface area contributed by atoms with Crippen LogP contribution in [0.5, 0.6) is 5.88 Å². The molecule has 0 fully saturated rings. The van der Waals surface area contributed by atoms with Gasteiger partial charge < -0.3 is 4.74 Å². The van der Waals surface area contributed by atoms with Crippen molar-refractivity contribution in [2.24, 2.45) is 0 Å². The van der Waals surface area contributed by atoms with Crippen LogP contribution in [0.15, 0.2) is 12.1 Å². The molecule has 0 aliphatic heterocycles. The molecule has 0 aromatic carbocycles. The third-order valence-corrected chi connectivity index (χ3v) is 1.49. The summed E-state index contributed by atoms with van der Waals surface area (Å²) in [5, 5.41) is 0. The smallest absolute Gasteiger partial charge is 0.219 e. The van der Waals surface area contributed by atoms with Gasteiger partial charge in [0.05, 0.1) is 7.11 Å². The molecule has 1 aromatic heterocycles. The van der Waals surface area contributed by atoms with E-state index in [1.807, 2.05) is 6.92 Å². The first-order chi connectivity index (χ1) is 5.27. The van der Waals surface area contributed by atoms with Crippen LogP contribution in [0.4, 0.5) is 4.39 Å².